The molecule has 1 saturated heterocycles. The zero-order chi connectivity index (χ0) is 7.61. The lowest BCUT2D eigenvalue weighted by Crippen LogP contribution is -2.48. The first kappa shape index (κ1) is 14.9. The molecule has 5 heteroatoms. The van der Waals surface area contributed by atoms with Crippen LogP contribution in [0.2, 0.25) is 0 Å². The van der Waals surface area contributed by atoms with Gasteiger partial charge in [0, 0.05) is 6.54 Å². The zero-order valence-electron chi connectivity index (χ0n) is 7.47. The van der Waals surface area contributed by atoms with Crippen molar-refractivity contribution >= 4 is 24.8 Å². The molecular formula is C7H17Cl2FN2. The number of likely N-dealkylation sites (N-methyl/N-ethyl adjacent to an activating group) is 1. The SMILES string of the molecule is CN(C)C1(CF)CCNC1.Cl.Cl. The summed E-state index contributed by atoms with van der Waals surface area (Å²) in [5.74, 6) is 0. The monoisotopic (exact) mass is 218 g/mol. The Bertz CT molecular complexity index is 116. The first-order chi connectivity index (χ1) is 4.71. The number of halogens is 3. The van der Waals surface area contributed by atoms with Crippen LogP contribution in [0.15, 0.2) is 0 Å². The first-order valence-electron chi connectivity index (χ1n) is 3.65. The fraction of sp³-hybridized carbons (Fsp3) is 1.00. The maximum absolute atomic E-state index is 12.5. The second-order valence-corrected chi connectivity index (χ2v) is 3.18. The van der Waals surface area contributed by atoms with Gasteiger partial charge in [0.15, 0.2) is 0 Å². The Labute approximate surface area is 85.7 Å². The van der Waals surface area contributed by atoms with Crippen LogP contribution in [0.25, 0.3) is 0 Å². The van der Waals surface area contributed by atoms with E-state index in [1.165, 1.54) is 0 Å². The van der Waals surface area contributed by atoms with Gasteiger partial charge in [-0.05, 0) is 27.1 Å². The third kappa shape index (κ3) is 2.73. The average molecular weight is 219 g/mol. The van der Waals surface area contributed by atoms with Crippen molar-refractivity contribution < 1.29 is 4.39 Å². The van der Waals surface area contributed by atoms with Crippen LogP contribution in [0.1, 0.15) is 6.42 Å². The summed E-state index contributed by atoms with van der Waals surface area (Å²) < 4.78 is 12.5. The summed E-state index contributed by atoms with van der Waals surface area (Å²) in [6.45, 7) is 1.49. The molecule has 0 aromatic rings. The van der Waals surface area contributed by atoms with Gasteiger partial charge in [0.2, 0.25) is 0 Å². The summed E-state index contributed by atoms with van der Waals surface area (Å²) in [6.07, 6.45) is 0.927. The van der Waals surface area contributed by atoms with Gasteiger partial charge in [0.1, 0.15) is 6.67 Å². The zero-order valence-corrected chi connectivity index (χ0v) is 9.10. The van der Waals surface area contributed by atoms with E-state index in [0.29, 0.717) is 0 Å². The van der Waals surface area contributed by atoms with Gasteiger partial charge >= 0.3 is 0 Å². The van der Waals surface area contributed by atoms with E-state index in [2.05, 4.69) is 5.32 Å². The standard InChI is InChI=1S/C7H15FN2.2ClH/c1-10(2)7(5-8)3-4-9-6-7;;/h9H,3-6H2,1-2H3;2*1H. The van der Waals surface area contributed by atoms with Crippen LogP contribution in [-0.2, 0) is 0 Å². The van der Waals surface area contributed by atoms with Gasteiger partial charge in [-0.3, -0.25) is 0 Å². The van der Waals surface area contributed by atoms with E-state index < -0.39 is 0 Å². The van der Waals surface area contributed by atoms with E-state index in [9.17, 15) is 4.39 Å². The summed E-state index contributed by atoms with van der Waals surface area (Å²) in [5.41, 5.74) is -0.208. The van der Waals surface area contributed by atoms with Crippen LogP contribution in [0.4, 0.5) is 4.39 Å². The molecule has 1 fully saturated rings. The normalized spacial score (nSPS) is 28.0. The number of rotatable bonds is 2. The highest BCUT2D eigenvalue weighted by atomic mass is 35.5. The molecule has 2 nitrogen and oxygen atoms in total. The Morgan fingerprint density at radius 1 is 1.42 bits per heavy atom. The molecule has 1 atom stereocenters. The molecule has 12 heavy (non-hydrogen) atoms. The summed E-state index contributed by atoms with van der Waals surface area (Å²) >= 11 is 0. The van der Waals surface area contributed by atoms with Gasteiger partial charge in [0.25, 0.3) is 0 Å². The predicted molar refractivity (Wildman–Crippen MR) is 54.4 cm³/mol. The second kappa shape index (κ2) is 5.97. The van der Waals surface area contributed by atoms with Crippen LogP contribution in [0.3, 0.4) is 0 Å². The minimum atomic E-state index is -0.243. The second-order valence-electron chi connectivity index (χ2n) is 3.18. The lowest BCUT2D eigenvalue weighted by atomic mass is 9.99. The van der Waals surface area contributed by atoms with Gasteiger partial charge < -0.3 is 10.2 Å². The third-order valence-corrected chi connectivity index (χ3v) is 2.42. The van der Waals surface area contributed by atoms with E-state index in [1.807, 2.05) is 19.0 Å². The molecule has 0 radical (unpaired) electrons. The van der Waals surface area contributed by atoms with E-state index in [0.717, 1.165) is 19.5 Å². The van der Waals surface area contributed by atoms with Gasteiger partial charge in [-0.15, -0.1) is 24.8 Å². The molecule has 76 valence electrons. The van der Waals surface area contributed by atoms with Gasteiger partial charge in [-0.25, -0.2) is 4.39 Å². The Balaban J connectivity index is 0. The van der Waals surface area contributed by atoms with E-state index in [-0.39, 0.29) is 37.0 Å². The fourth-order valence-electron chi connectivity index (χ4n) is 1.35. The quantitative estimate of drug-likeness (QED) is 0.748. The van der Waals surface area contributed by atoms with Crippen molar-refractivity contribution in [3.63, 3.8) is 0 Å². The molecular weight excluding hydrogens is 202 g/mol. The minimum Gasteiger partial charge on any atom is -0.315 e. The van der Waals surface area contributed by atoms with Gasteiger partial charge in [0.05, 0.1) is 5.54 Å². The molecule has 0 amide bonds. The molecule has 0 aliphatic carbocycles. The average Bonchev–Trinajstić information content (AvgIpc) is 2.35. The molecule has 0 bridgehead atoms. The van der Waals surface area contributed by atoms with Crippen molar-refractivity contribution in [3.05, 3.63) is 0 Å². The Kier molecular flexibility index (Phi) is 7.43. The van der Waals surface area contributed by atoms with Crippen LogP contribution >= 0.6 is 24.8 Å². The van der Waals surface area contributed by atoms with Crippen molar-refractivity contribution in [2.75, 3.05) is 33.9 Å². The molecule has 1 heterocycles. The van der Waals surface area contributed by atoms with Gasteiger partial charge in [-0.2, -0.15) is 0 Å². The molecule has 1 aliphatic rings. The van der Waals surface area contributed by atoms with Crippen LogP contribution in [0, 0.1) is 0 Å². The highest BCUT2D eigenvalue weighted by Gasteiger charge is 2.35. The van der Waals surface area contributed by atoms with Crippen LogP contribution in [0.5, 0.6) is 0 Å². The molecule has 0 spiro atoms. The van der Waals surface area contributed by atoms with Gasteiger partial charge in [-0.1, -0.05) is 0 Å². The Morgan fingerprint density at radius 3 is 2.17 bits per heavy atom. The van der Waals surface area contributed by atoms with Crippen molar-refractivity contribution in [2.24, 2.45) is 0 Å². The Hall–Kier alpha value is 0.430. The summed E-state index contributed by atoms with van der Waals surface area (Å²) in [6, 6.07) is 0. The predicted octanol–water partition coefficient (Wildman–Crippen LogP) is 1.09. The van der Waals surface area contributed by atoms with Crippen molar-refractivity contribution in [3.8, 4) is 0 Å². The van der Waals surface area contributed by atoms with E-state index in [4.69, 9.17) is 0 Å². The van der Waals surface area contributed by atoms with Crippen molar-refractivity contribution in [1.82, 2.24) is 10.2 Å². The minimum absolute atomic E-state index is 0. The number of hydrogen-bond donors (Lipinski definition) is 1. The van der Waals surface area contributed by atoms with E-state index >= 15 is 0 Å². The van der Waals surface area contributed by atoms with Crippen molar-refractivity contribution in [1.29, 1.82) is 0 Å². The lowest BCUT2D eigenvalue weighted by molar-refractivity contribution is 0.133. The highest BCUT2D eigenvalue weighted by molar-refractivity contribution is 5.85. The topological polar surface area (TPSA) is 15.3 Å². The maximum Gasteiger partial charge on any atom is 0.109 e. The summed E-state index contributed by atoms with van der Waals surface area (Å²) in [4.78, 5) is 1.98. The molecule has 1 unspecified atom stereocenters. The summed E-state index contributed by atoms with van der Waals surface area (Å²) in [5, 5.41) is 3.16. The molecule has 0 aromatic heterocycles. The molecule has 0 aromatic carbocycles. The number of nitrogens with zero attached hydrogens (tertiary/aromatic N) is 1. The van der Waals surface area contributed by atoms with Crippen LogP contribution < -0.4 is 5.32 Å². The smallest absolute Gasteiger partial charge is 0.109 e. The van der Waals surface area contributed by atoms with Crippen LogP contribution in [-0.4, -0.2) is 44.3 Å². The molecule has 1 aliphatic heterocycles. The highest BCUT2D eigenvalue weighted by Crippen LogP contribution is 2.20. The number of hydrogen-bond acceptors (Lipinski definition) is 2. The van der Waals surface area contributed by atoms with E-state index in [1.54, 1.807) is 0 Å². The van der Waals surface area contributed by atoms with Crippen molar-refractivity contribution in [2.45, 2.75) is 12.0 Å². The number of nitrogens with one attached hydrogen (secondary N) is 1. The molecule has 1 rings (SSSR count). The fourth-order valence-corrected chi connectivity index (χ4v) is 1.35. The molecule has 1 N–H and O–H groups in total. The first-order valence-corrected chi connectivity index (χ1v) is 3.65. The summed E-state index contributed by atoms with van der Waals surface area (Å²) in [7, 11) is 3.87. The molecule has 0 saturated carbocycles. The Morgan fingerprint density at radius 2 is 2.00 bits per heavy atom. The largest absolute Gasteiger partial charge is 0.315 e. The third-order valence-electron chi connectivity index (χ3n) is 2.42. The number of alkyl halides is 1. The maximum atomic E-state index is 12.5. The lowest BCUT2D eigenvalue weighted by Gasteiger charge is -2.32.